The van der Waals surface area contributed by atoms with Gasteiger partial charge in [0, 0.05) is 25.2 Å². The Hall–Kier alpha value is -3.25. The molecule has 1 aliphatic carbocycles. The van der Waals surface area contributed by atoms with E-state index in [4.69, 9.17) is 9.47 Å². The number of hydrogen-bond donors (Lipinski definition) is 1. The highest BCUT2D eigenvalue weighted by molar-refractivity contribution is 7.02. The Labute approximate surface area is 202 Å². The van der Waals surface area contributed by atoms with Crippen molar-refractivity contribution in [3.8, 4) is 11.5 Å². The number of carbonyl (C=O) groups excluding carboxylic acids is 1. The average Bonchev–Trinajstić information content (AvgIpc) is 2.83. The number of rotatable bonds is 4. The SMILES string of the molecule is CCCOc1cc2c(cc1NC)[Si](C)(C)c1cc3c(cc1C2=C1C=CC=CC1=O)OCCN3C. The van der Waals surface area contributed by atoms with E-state index in [2.05, 4.69) is 61.5 Å². The molecular weight excluding hydrogens is 440 g/mol. The first-order valence-electron chi connectivity index (χ1n) is 12.0. The Morgan fingerprint density at radius 1 is 1.09 bits per heavy atom. The number of benzene rings is 2. The summed E-state index contributed by atoms with van der Waals surface area (Å²) < 4.78 is 12.2. The van der Waals surface area contributed by atoms with E-state index in [1.807, 2.05) is 19.2 Å². The Morgan fingerprint density at radius 3 is 2.56 bits per heavy atom. The zero-order valence-electron chi connectivity index (χ0n) is 20.6. The minimum Gasteiger partial charge on any atom is -0.491 e. The van der Waals surface area contributed by atoms with Gasteiger partial charge in [-0.2, -0.15) is 0 Å². The first kappa shape index (κ1) is 22.5. The van der Waals surface area contributed by atoms with Gasteiger partial charge in [-0.25, -0.2) is 0 Å². The molecule has 2 aliphatic heterocycles. The number of likely N-dealkylation sites (N-methyl/N-ethyl adjacent to an activating group) is 1. The van der Waals surface area contributed by atoms with Crippen molar-refractivity contribution < 1.29 is 14.3 Å². The molecule has 0 saturated carbocycles. The molecule has 0 aromatic heterocycles. The quantitative estimate of drug-likeness (QED) is 0.539. The lowest BCUT2D eigenvalue weighted by Gasteiger charge is -2.39. The molecule has 0 amide bonds. The second kappa shape index (κ2) is 8.51. The fraction of sp³-hybridized carbons (Fsp3) is 0.321. The second-order valence-electron chi connectivity index (χ2n) is 9.62. The van der Waals surface area contributed by atoms with Crippen LogP contribution in [-0.2, 0) is 4.79 Å². The third-order valence-electron chi connectivity index (χ3n) is 7.09. The molecule has 3 aliphatic rings. The highest BCUT2D eigenvalue weighted by atomic mass is 28.3. The van der Waals surface area contributed by atoms with Crippen LogP contribution in [0.25, 0.3) is 5.57 Å². The molecule has 1 N–H and O–H groups in total. The third-order valence-corrected chi connectivity index (χ3v) is 10.6. The third kappa shape index (κ3) is 3.48. The highest BCUT2D eigenvalue weighted by Gasteiger charge is 2.40. The van der Waals surface area contributed by atoms with Crippen LogP contribution in [0.1, 0.15) is 24.5 Å². The summed E-state index contributed by atoms with van der Waals surface area (Å²) in [6.45, 7) is 9.07. The molecule has 0 radical (unpaired) electrons. The maximum atomic E-state index is 13.1. The van der Waals surface area contributed by atoms with Crippen molar-refractivity contribution in [1.82, 2.24) is 0 Å². The molecule has 176 valence electrons. The van der Waals surface area contributed by atoms with Crippen molar-refractivity contribution in [2.24, 2.45) is 0 Å². The lowest BCUT2D eigenvalue weighted by Crippen LogP contribution is -2.58. The maximum absolute atomic E-state index is 13.1. The van der Waals surface area contributed by atoms with Crippen molar-refractivity contribution in [3.05, 3.63) is 65.3 Å². The van der Waals surface area contributed by atoms with Gasteiger partial charge >= 0.3 is 0 Å². The van der Waals surface area contributed by atoms with Crippen LogP contribution < -0.4 is 30.1 Å². The van der Waals surface area contributed by atoms with Crippen LogP contribution >= 0.6 is 0 Å². The molecule has 34 heavy (non-hydrogen) atoms. The van der Waals surface area contributed by atoms with E-state index in [1.165, 1.54) is 10.4 Å². The Kier molecular flexibility index (Phi) is 5.64. The summed E-state index contributed by atoms with van der Waals surface area (Å²) in [6, 6.07) is 8.87. The van der Waals surface area contributed by atoms with Gasteiger partial charge in [0.2, 0.25) is 0 Å². The summed E-state index contributed by atoms with van der Waals surface area (Å²) >= 11 is 0. The topological polar surface area (TPSA) is 50.8 Å². The van der Waals surface area contributed by atoms with E-state index in [0.29, 0.717) is 13.2 Å². The van der Waals surface area contributed by atoms with E-state index < -0.39 is 8.07 Å². The Bertz CT molecular complexity index is 1270. The van der Waals surface area contributed by atoms with E-state index in [-0.39, 0.29) is 5.78 Å². The number of ether oxygens (including phenoxy) is 2. The molecule has 0 bridgehead atoms. The molecule has 2 aromatic carbocycles. The predicted octanol–water partition coefficient (Wildman–Crippen LogP) is 3.98. The average molecular weight is 473 g/mol. The first-order chi connectivity index (χ1) is 16.4. The van der Waals surface area contributed by atoms with Gasteiger partial charge in [0.05, 0.1) is 24.5 Å². The maximum Gasteiger partial charge on any atom is 0.186 e. The van der Waals surface area contributed by atoms with Crippen LogP contribution in [0.15, 0.2) is 54.1 Å². The molecule has 2 heterocycles. The van der Waals surface area contributed by atoms with Crippen LogP contribution in [0.5, 0.6) is 11.5 Å². The molecule has 5 rings (SSSR count). The summed E-state index contributed by atoms with van der Waals surface area (Å²) in [5.41, 5.74) is 6.02. The summed E-state index contributed by atoms with van der Waals surface area (Å²) in [7, 11) is 1.94. The molecule has 0 saturated heterocycles. The number of anilines is 2. The lowest BCUT2D eigenvalue weighted by atomic mass is 9.88. The molecule has 0 spiro atoms. The Morgan fingerprint density at radius 2 is 1.82 bits per heavy atom. The lowest BCUT2D eigenvalue weighted by molar-refractivity contribution is -0.111. The second-order valence-corrected chi connectivity index (χ2v) is 14.0. The van der Waals surface area contributed by atoms with Gasteiger partial charge in [-0.05, 0) is 58.3 Å². The highest BCUT2D eigenvalue weighted by Crippen LogP contribution is 2.42. The fourth-order valence-corrected chi connectivity index (χ4v) is 8.24. The van der Waals surface area contributed by atoms with Crippen LogP contribution in [0, 0.1) is 0 Å². The number of nitrogens with one attached hydrogen (secondary N) is 1. The zero-order chi connectivity index (χ0) is 24.0. The van der Waals surface area contributed by atoms with E-state index >= 15 is 0 Å². The fourth-order valence-electron chi connectivity index (χ4n) is 5.20. The normalized spacial score (nSPS) is 19.8. The first-order valence-corrected chi connectivity index (χ1v) is 15.0. The molecular formula is C28H32N2O3Si. The van der Waals surface area contributed by atoms with E-state index in [1.54, 1.807) is 12.2 Å². The largest absolute Gasteiger partial charge is 0.491 e. The molecule has 0 unspecified atom stereocenters. The van der Waals surface area contributed by atoms with Crippen LogP contribution in [-0.4, -0.2) is 47.7 Å². The van der Waals surface area contributed by atoms with E-state index in [9.17, 15) is 4.79 Å². The number of carbonyl (C=O) groups is 1. The number of nitrogens with zero attached hydrogens (tertiary/aromatic N) is 1. The number of fused-ring (bicyclic) bond motifs is 3. The molecule has 5 nitrogen and oxygen atoms in total. The molecule has 6 heteroatoms. The Balaban J connectivity index is 1.85. The smallest absolute Gasteiger partial charge is 0.186 e. The minimum absolute atomic E-state index is 0.0280. The van der Waals surface area contributed by atoms with Crippen LogP contribution in [0.4, 0.5) is 11.4 Å². The van der Waals surface area contributed by atoms with Gasteiger partial charge in [-0.1, -0.05) is 38.2 Å². The van der Waals surface area contributed by atoms with Gasteiger partial charge in [-0.15, -0.1) is 0 Å². The van der Waals surface area contributed by atoms with Crippen LogP contribution in [0.2, 0.25) is 13.1 Å². The van der Waals surface area contributed by atoms with Gasteiger partial charge < -0.3 is 19.7 Å². The molecule has 0 atom stereocenters. The van der Waals surface area contributed by atoms with Crippen molar-refractivity contribution in [1.29, 1.82) is 0 Å². The number of allylic oxidation sites excluding steroid dienone is 5. The van der Waals surface area contributed by atoms with Crippen molar-refractivity contribution >= 4 is 41.2 Å². The predicted molar refractivity (Wildman–Crippen MR) is 143 cm³/mol. The molecule has 0 fully saturated rings. The van der Waals surface area contributed by atoms with E-state index in [0.717, 1.165) is 58.1 Å². The van der Waals surface area contributed by atoms with Gasteiger partial charge in [0.15, 0.2) is 5.78 Å². The zero-order valence-corrected chi connectivity index (χ0v) is 21.6. The summed E-state index contributed by atoms with van der Waals surface area (Å²) in [4.78, 5) is 15.4. The number of hydrogen-bond acceptors (Lipinski definition) is 5. The monoisotopic (exact) mass is 472 g/mol. The van der Waals surface area contributed by atoms with Gasteiger partial charge in [-0.3, -0.25) is 4.79 Å². The summed E-state index contributed by atoms with van der Waals surface area (Å²) in [6.07, 6.45) is 8.27. The molecule has 2 aromatic rings. The summed E-state index contributed by atoms with van der Waals surface area (Å²) in [5.74, 6) is 1.74. The minimum atomic E-state index is -2.12. The van der Waals surface area contributed by atoms with Crippen molar-refractivity contribution in [3.63, 3.8) is 0 Å². The van der Waals surface area contributed by atoms with Gasteiger partial charge in [0.25, 0.3) is 0 Å². The van der Waals surface area contributed by atoms with Crippen LogP contribution in [0.3, 0.4) is 0 Å². The van der Waals surface area contributed by atoms with Crippen molar-refractivity contribution in [2.75, 3.05) is 44.1 Å². The van der Waals surface area contributed by atoms with Gasteiger partial charge in [0.1, 0.15) is 26.2 Å². The van der Waals surface area contributed by atoms with Crippen molar-refractivity contribution in [2.45, 2.75) is 26.4 Å². The number of ketones is 1. The standard InChI is InChI=1S/C28H32N2O3Si/c1-6-12-32-24-14-19-26(16-21(24)29-2)34(4,5)27-17-22-25(33-13-11-30(22)3)15-20(27)28(19)18-9-7-8-10-23(18)31/h7-10,14-17,29H,6,11-13H2,1-5H3. The summed E-state index contributed by atoms with van der Waals surface area (Å²) in [5, 5.41) is 5.98.